The molecule has 0 amide bonds. The van der Waals surface area contributed by atoms with Crippen molar-refractivity contribution in [1.82, 2.24) is 4.98 Å². The molecule has 0 fully saturated rings. The van der Waals surface area contributed by atoms with E-state index in [1.54, 1.807) is 18.5 Å². The molecule has 1 N–H and O–H groups in total. The number of pyridine rings is 1. The number of nitrogens with zero attached hydrogens (tertiary/aromatic N) is 2. The van der Waals surface area contributed by atoms with E-state index in [0.717, 1.165) is 15.6 Å². The second kappa shape index (κ2) is 8.65. The Kier molecular flexibility index (Phi) is 6.04. The van der Waals surface area contributed by atoms with Gasteiger partial charge in [0.15, 0.2) is 0 Å². The van der Waals surface area contributed by atoms with Crippen molar-refractivity contribution in [2.75, 3.05) is 5.43 Å². The van der Waals surface area contributed by atoms with E-state index in [9.17, 15) is 0 Å². The zero-order chi connectivity index (χ0) is 17.5. The largest absolute Gasteiger partial charge is 0.488 e. The summed E-state index contributed by atoms with van der Waals surface area (Å²) < 4.78 is 6.81. The van der Waals surface area contributed by atoms with Gasteiger partial charge in [-0.1, -0.05) is 41.9 Å². The first kappa shape index (κ1) is 17.5. The Balaban J connectivity index is 1.70. The Labute approximate surface area is 159 Å². The molecule has 1 aromatic heterocycles. The summed E-state index contributed by atoms with van der Waals surface area (Å²) >= 11 is 9.44. The van der Waals surface area contributed by atoms with E-state index in [1.807, 2.05) is 54.6 Å². The number of ether oxygens (including phenoxy) is 1. The van der Waals surface area contributed by atoms with Crippen LogP contribution in [0.25, 0.3) is 0 Å². The van der Waals surface area contributed by atoms with Gasteiger partial charge in [-0.15, -0.1) is 0 Å². The van der Waals surface area contributed by atoms with Crippen LogP contribution in [-0.2, 0) is 6.61 Å². The lowest BCUT2D eigenvalue weighted by Gasteiger charge is -2.09. The van der Waals surface area contributed by atoms with Crippen LogP contribution in [0.3, 0.4) is 0 Å². The fourth-order valence-corrected chi connectivity index (χ4v) is 2.51. The van der Waals surface area contributed by atoms with Crippen LogP contribution in [0.1, 0.15) is 11.1 Å². The molecule has 0 saturated carbocycles. The molecule has 3 aromatic rings. The van der Waals surface area contributed by atoms with E-state index in [-0.39, 0.29) is 0 Å². The number of halogens is 2. The zero-order valence-electron chi connectivity index (χ0n) is 13.2. The number of hydrogen-bond donors (Lipinski definition) is 1. The Bertz CT molecular complexity index is 854. The summed E-state index contributed by atoms with van der Waals surface area (Å²) in [5.41, 5.74) is 4.76. The van der Waals surface area contributed by atoms with E-state index in [1.165, 1.54) is 0 Å². The van der Waals surface area contributed by atoms with Crippen LogP contribution in [0.2, 0.25) is 5.02 Å². The molecular weight excluding hydrogens is 402 g/mol. The van der Waals surface area contributed by atoms with Crippen LogP contribution < -0.4 is 10.2 Å². The number of hydrogen-bond acceptors (Lipinski definition) is 4. The minimum absolute atomic E-state index is 0.477. The van der Waals surface area contributed by atoms with Gasteiger partial charge in [0.1, 0.15) is 18.2 Å². The maximum absolute atomic E-state index is 6.09. The SMILES string of the molecule is Clc1ccc(OCc2ccccc2)c(/C=N\Nc2ccc(Br)cn2)c1. The van der Waals surface area contributed by atoms with E-state index in [4.69, 9.17) is 16.3 Å². The summed E-state index contributed by atoms with van der Waals surface area (Å²) in [5.74, 6) is 1.36. The number of aromatic nitrogens is 1. The molecule has 2 aromatic carbocycles. The summed E-state index contributed by atoms with van der Waals surface area (Å²) in [6.07, 6.45) is 3.36. The Morgan fingerprint density at radius 2 is 1.96 bits per heavy atom. The van der Waals surface area contributed by atoms with E-state index >= 15 is 0 Å². The average molecular weight is 417 g/mol. The van der Waals surface area contributed by atoms with Crippen molar-refractivity contribution in [2.24, 2.45) is 5.10 Å². The molecule has 0 saturated heterocycles. The molecule has 25 heavy (non-hydrogen) atoms. The molecule has 0 radical (unpaired) electrons. The van der Waals surface area contributed by atoms with Gasteiger partial charge in [0.05, 0.1) is 6.21 Å². The summed E-state index contributed by atoms with van der Waals surface area (Å²) in [4.78, 5) is 4.20. The lowest BCUT2D eigenvalue weighted by Crippen LogP contribution is -1.99. The van der Waals surface area contributed by atoms with Crippen molar-refractivity contribution in [3.8, 4) is 5.75 Å². The van der Waals surface area contributed by atoms with Gasteiger partial charge in [-0.05, 0) is 51.8 Å². The van der Waals surface area contributed by atoms with E-state index in [0.29, 0.717) is 23.2 Å². The highest BCUT2D eigenvalue weighted by Crippen LogP contribution is 2.22. The zero-order valence-corrected chi connectivity index (χ0v) is 15.5. The first-order valence-corrected chi connectivity index (χ1v) is 8.75. The van der Waals surface area contributed by atoms with Crippen LogP contribution in [-0.4, -0.2) is 11.2 Å². The van der Waals surface area contributed by atoms with Crippen molar-refractivity contribution in [3.05, 3.63) is 87.5 Å². The van der Waals surface area contributed by atoms with Crippen molar-refractivity contribution >= 4 is 39.6 Å². The van der Waals surface area contributed by atoms with Gasteiger partial charge in [-0.25, -0.2) is 4.98 Å². The van der Waals surface area contributed by atoms with Crippen molar-refractivity contribution < 1.29 is 4.74 Å². The molecule has 0 atom stereocenters. The van der Waals surface area contributed by atoms with Crippen LogP contribution >= 0.6 is 27.5 Å². The van der Waals surface area contributed by atoms with Crippen LogP contribution in [0.5, 0.6) is 5.75 Å². The summed E-state index contributed by atoms with van der Waals surface area (Å²) in [6, 6.07) is 19.1. The smallest absolute Gasteiger partial charge is 0.146 e. The van der Waals surface area contributed by atoms with Gasteiger partial charge >= 0.3 is 0 Å². The minimum atomic E-state index is 0.477. The number of anilines is 1. The fourth-order valence-electron chi connectivity index (χ4n) is 2.10. The topological polar surface area (TPSA) is 46.5 Å². The lowest BCUT2D eigenvalue weighted by molar-refractivity contribution is 0.306. The van der Waals surface area contributed by atoms with E-state index in [2.05, 4.69) is 31.4 Å². The Morgan fingerprint density at radius 1 is 1.12 bits per heavy atom. The molecule has 0 spiro atoms. The first-order chi connectivity index (χ1) is 12.2. The normalized spacial score (nSPS) is 10.8. The molecule has 0 aliphatic carbocycles. The predicted molar refractivity (Wildman–Crippen MR) is 105 cm³/mol. The number of rotatable bonds is 6. The standard InChI is InChI=1S/C19H15BrClN3O/c20-16-6-9-19(22-12-16)24-23-11-15-10-17(21)7-8-18(15)25-13-14-4-2-1-3-5-14/h1-12H,13H2,(H,22,24)/b23-11-. The molecule has 4 nitrogen and oxygen atoms in total. The fraction of sp³-hybridized carbons (Fsp3) is 0.0526. The van der Waals surface area contributed by atoms with Crippen molar-refractivity contribution in [2.45, 2.75) is 6.61 Å². The number of nitrogens with one attached hydrogen (secondary N) is 1. The molecule has 0 bridgehead atoms. The van der Waals surface area contributed by atoms with E-state index < -0.39 is 0 Å². The maximum atomic E-state index is 6.09. The minimum Gasteiger partial charge on any atom is -0.488 e. The second-order valence-electron chi connectivity index (χ2n) is 5.19. The Morgan fingerprint density at radius 3 is 2.72 bits per heavy atom. The maximum Gasteiger partial charge on any atom is 0.146 e. The van der Waals surface area contributed by atoms with Crippen LogP contribution in [0, 0.1) is 0 Å². The number of benzene rings is 2. The molecule has 0 aliphatic heterocycles. The Hall–Kier alpha value is -2.37. The highest BCUT2D eigenvalue weighted by atomic mass is 79.9. The van der Waals surface area contributed by atoms with Crippen LogP contribution in [0.15, 0.2) is 76.4 Å². The highest BCUT2D eigenvalue weighted by molar-refractivity contribution is 9.10. The van der Waals surface area contributed by atoms with Crippen molar-refractivity contribution in [1.29, 1.82) is 0 Å². The molecule has 126 valence electrons. The molecule has 0 aliphatic rings. The van der Waals surface area contributed by atoms with Crippen LogP contribution in [0.4, 0.5) is 5.82 Å². The van der Waals surface area contributed by atoms with Crippen molar-refractivity contribution in [3.63, 3.8) is 0 Å². The summed E-state index contributed by atoms with van der Waals surface area (Å²) in [5, 5.41) is 4.83. The third kappa shape index (κ3) is 5.31. The van der Waals surface area contributed by atoms with Gasteiger partial charge < -0.3 is 4.74 Å². The molecule has 3 rings (SSSR count). The monoisotopic (exact) mass is 415 g/mol. The van der Waals surface area contributed by atoms with Gasteiger partial charge in [0.25, 0.3) is 0 Å². The van der Waals surface area contributed by atoms with Gasteiger partial charge in [-0.2, -0.15) is 5.10 Å². The molecular formula is C19H15BrClN3O. The van der Waals surface area contributed by atoms with Gasteiger partial charge in [-0.3, -0.25) is 5.43 Å². The third-order valence-electron chi connectivity index (χ3n) is 3.32. The quantitative estimate of drug-likeness (QED) is 0.425. The molecule has 1 heterocycles. The second-order valence-corrected chi connectivity index (χ2v) is 6.54. The highest BCUT2D eigenvalue weighted by Gasteiger charge is 2.04. The number of hydrazone groups is 1. The van der Waals surface area contributed by atoms with Gasteiger partial charge in [0.2, 0.25) is 0 Å². The molecule has 0 unspecified atom stereocenters. The molecule has 6 heteroatoms. The predicted octanol–water partition coefficient (Wildman–Crippen LogP) is 5.52. The lowest BCUT2D eigenvalue weighted by atomic mass is 10.2. The summed E-state index contributed by atoms with van der Waals surface area (Å²) in [7, 11) is 0. The van der Waals surface area contributed by atoms with Gasteiger partial charge in [0, 0.05) is 21.3 Å². The average Bonchev–Trinajstić information content (AvgIpc) is 2.63. The first-order valence-electron chi connectivity index (χ1n) is 7.57. The third-order valence-corrected chi connectivity index (χ3v) is 4.02. The summed E-state index contributed by atoms with van der Waals surface area (Å²) in [6.45, 7) is 0.477.